The summed E-state index contributed by atoms with van der Waals surface area (Å²) in [6, 6.07) is 21.3. The highest BCUT2D eigenvalue weighted by atomic mass is 19.1. The number of carbonyl (C=O) groups is 4. The average molecular weight is 1300 g/mol. The Morgan fingerprint density at radius 1 is 0.516 bits per heavy atom. The number of ether oxygens (including phenoxy) is 2. The van der Waals surface area contributed by atoms with E-state index < -0.39 is 41.8 Å². The number of nitrogens with one attached hydrogen (secondary N) is 4. The van der Waals surface area contributed by atoms with Crippen LogP contribution in [-0.4, -0.2) is 187 Å². The molecule has 2 atom stereocenters. The first-order valence-corrected chi connectivity index (χ1v) is 34.1. The summed E-state index contributed by atoms with van der Waals surface area (Å²) in [5.41, 5.74) is 6.68. The summed E-state index contributed by atoms with van der Waals surface area (Å²) in [5, 5.41) is 12.4. The number of H-pyrrole nitrogens is 4. The molecule has 10 heterocycles. The number of aromatic nitrogens is 6. The summed E-state index contributed by atoms with van der Waals surface area (Å²) < 4.78 is 45.8. The van der Waals surface area contributed by atoms with E-state index in [0.29, 0.717) is 129 Å². The highest BCUT2D eigenvalue weighted by Gasteiger charge is 2.38. The number of nitrogens with zero attached hydrogens (tertiary/aromatic N) is 8. The molecule has 6 saturated heterocycles. The first-order valence-electron chi connectivity index (χ1n) is 34.1. The van der Waals surface area contributed by atoms with Gasteiger partial charge in [0.2, 0.25) is 0 Å². The van der Waals surface area contributed by atoms with Crippen LogP contribution in [0.4, 0.5) is 18.4 Å². The number of para-hydroxylation sites is 2. The Kier molecular flexibility index (Phi) is 19.6. The number of rotatable bonds is 12. The highest BCUT2D eigenvalue weighted by Crippen LogP contribution is 2.33. The van der Waals surface area contributed by atoms with Gasteiger partial charge in [-0.25, -0.2) is 23.2 Å². The minimum absolute atomic E-state index is 0.0775. The van der Waals surface area contributed by atoms with Gasteiger partial charge in [-0.3, -0.25) is 24.2 Å². The number of hydrogen-bond acceptors (Lipinski definition) is 14. The summed E-state index contributed by atoms with van der Waals surface area (Å²) in [4.78, 5) is 113. The van der Waals surface area contributed by atoms with E-state index in [2.05, 4.69) is 40.2 Å². The van der Waals surface area contributed by atoms with Crippen molar-refractivity contribution in [2.45, 2.75) is 153 Å². The van der Waals surface area contributed by atoms with Crippen LogP contribution in [0.2, 0.25) is 0 Å². The van der Waals surface area contributed by atoms with E-state index in [1.54, 1.807) is 52.3 Å². The monoisotopic (exact) mass is 1300 g/mol. The molecule has 0 radical (unpaired) electrons. The van der Waals surface area contributed by atoms with E-state index in [-0.39, 0.29) is 58.6 Å². The predicted molar refractivity (Wildman–Crippen MR) is 354 cm³/mol. The molecule has 0 bridgehead atoms. The van der Waals surface area contributed by atoms with Crippen LogP contribution in [0.5, 0.6) is 0 Å². The number of amides is 4. The fraction of sp³-hybridized carbons (Fsp3) is 0.507. The van der Waals surface area contributed by atoms with Gasteiger partial charge in [0.1, 0.15) is 22.7 Å². The number of carbonyl (C=O) groups excluding carboxylic acids is 4. The van der Waals surface area contributed by atoms with Crippen LogP contribution in [0.1, 0.15) is 135 Å². The molecule has 4 amide bonds. The zero-order valence-corrected chi connectivity index (χ0v) is 54.1. The Morgan fingerprint density at radius 3 is 1.43 bits per heavy atom. The third-order valence-corrected chi connectivity index (χ3v) is 20.8. The first-order chi connectivity index (χ1) is 46.1. The zero-order valence-electron chi connectivity index (χ0n) is 54.1. The van der Waals surface area contributed by atoms with E-state index in [9.17, 15) is 42.3 Å². The molecular weight excluding hydrogens is 1220 g/mol. The molecule has 502 valence electrons. The molecule has 14 rings (SSSR count). The maximum absolute atomic E-state index is 14.2. The molecule has 0 saturated carbocycles. The van der Waals surface area contributed by atoms with Gasteiger partial charge in [-0.05, 0) is 188 Å². The van der Waals surface area contributed by atoms with Crippen LogP contribution in [0.15, 0.2) is 91.6 Å². The van der Waals surface area contributed by atoms with Crippen LogP contribution < -0.4 is 16.9 Å². The van der Waals surface area contributed by atoms with E-state index in [1.165, 1.54) is 50.7 Å². The summed E-state index contributed by atoms with van der Waals surface area (Å²) in [6.45, 7) is 12.3. The van der Waals surface area contributed by atoms with Gasteiger partial charge in [-0.15, -0.1) is 0 Å². The first kappa shape index (κ1) is 64.9. The number of aromatic amines is 4. The number of oxazole rings is 1. The molecule has 4 aromatic heterocycles. The minimum Gasteiger partial charge on any atom is -0.436 e. The smallest absolute Gasteiger partial charge is 0.417 e. The maximum Gasteiger partial charge on any atom is 0.417 e. The van der Waals surface area contributed by atoms with Crippen LogP contribution in [0.25, 0.3) is 43.9 Å². The highest BCUT2D eigenvalue weighted by molar-refractivity contribution is 5.86. The number of piperidine rings is 6. The third kappa shape index (κ3) is 14.6. The summed E-state index contributed by atoms with van der Waals surface area (Å²) >= 11 is 0. The van der Waals surface area contributed by atoms with Crippen molar-refractivity contribution in [3.8, 4) is 0 Å². The fourth-order valence-corrected chi connectivity index (χ4v) is 15.6. The number of hydrogen-bond donors (Lipinski definition) is 4. The van der Waals surface area contributed by atoms with Crippen LogP contribution in [-0.2, 0) is 31.9 Å². The second-order valence-electron chi connectivity index (χ2n) is 26.9. The van der Waals surface area contributed by atoms with Gasteiger partial charge in [0, 0.05) is 99.2 Å². The van der Waals surface area contributed by atoms with E-state index in [0.717, 1.165) is 79.6 Å². The Balaban J connectivity index is 0.000000172. The Labute approximate surface area is 547 Å². The van der Waals surface area contributed by atoms with Gasteiger partial charge in [-0.1, -0.05) is 49.2 Å². The third-order valence-electron chi connectivity index (χ3n) is 20.8. The Hall–Kier alpha value is -8.77. The largest absolute Gasteiger partial charge is 0.436 e. The summed E-state index contributed by atoms with van der Waals surface area (Å²) in [5.74, 6) is -2.06. The topological polar surface area (TPSA) is 259 Å². The lowest BCUT2D eigenvalue weighted by molar-refractivity contribution is -0.143. The fourth-order valence-electron chi connectivity index (χ4n) is 15.6. The SMILES string of the molecule is Cc1cc(CC(OC(=O)N2CCC(c3cc4cccc(F)c4[nH]c3=O)CC2)C(=O)N2CCC(N3CCCCC3)CC2)cc2n[nH]nc12.Cc1cc(CC(OC(=O)N2CCC(c3cc4cccc(F)c4[nH]c3=O)CC2)C(=O)N2CCC(N3CCCCC3)CC2)cc2oc(=O)[nH]c12. The molecule has 24 heteroatoms. The van der Waals surface area contributed by atoms with Crippen molar-refractivity contribution < 1.29 is 41.8 Å². The van der Waals surface area contributed by atoms with Crippen molar-refractivity contribution in [1.29, 1.82) is 0 Å². The van der Waals surface area contributed by atoms with Crippen molar-refractivity contribution >= 4 is 67.9 Å². The lowest BCUT2D eigenvalue weighted by Gasteiger charge is -2.41. The average Bonchev–Trinajstić information content (AvgIpc) is 1.14. The quantitative estimate of drug-likeness (QED) is 0.0888. The zero-order chi connectivity index (χ0) is 65.9. The van der Waals surface area contributed by atoms with Gasteiger partial charge in [-0.2, -0.15) is 15.4 Å². The predicted octanol–water partition coefficient (Wildman–Crippen LogP) is 9.47. The van der Waals surface area contributed by atoms with Crippen molar-refractivity contribution in [1.82, 2.24) is 59.8 Å². The van der Waals surface area contributed by atoms with Gasteiger partial charge < -0.3 is 53.3 Å². The number of aryl methyl sites for hydroxylation is 2. The molecule has 8 aromatic rings. The van der Waals surface area contributed by atoms with E-state index in [4.69, 9.17) is 13.9 Å². The van der Waals surface area contributed by atoms with E-state index in [1.807, 2.05) is 41.8 Å². The number of fused-ring (bicyclic) bond motifs is 4. The van der Waals surface area contributed by atoms with E-state index >= 15 is 0 Å². The van der Waals surface area contributed by atoms with Gasteiger partial charge in [0.15, 0.2) is 17.8 Å². The molecule has 22 nitrogen and oxygen atoms in total. The van der Waals surface area contributed by atoms with Gasteiger partial charge >= 0.3 is 17.9 Å². The summed E-state index contributed by atoms with van der Waals surface area (Å²) in [7, 11) is 0. The second-order valence-corrected chi connectivity index (χ2v) is 26.9. The molecule has 0 aliphatic carbocycles. The van der Waals surface area contributed by atoms with Crippen LogP contribution >= 0.6 is 0 Å². The molecule has 6 fully saturated rings. The van der Waals surface area contributed by atoms with Crippen molar-refractivity contribution in [2.24, 2.45) is 0 Å². The van der Waals surface area contributed by atoms with Crippen LogP contribution in [0, 0.1) is 25.5 Å². The van der Waals surface area contributed by atoms with Crippen molar-refractivity contribution in [2.75, 3.05) is 78.5 Å². The van der Waals surface area contributed by atoms with Crippen molar-refractivity contribution in [3.05, 3.63) is 149 Å². The lowest BCUT2D eigenvalue weighted by Crippen LogP contribution is -2.52. The molecule has 6 aliphatic heterocycles. The Bertz CT molecular complexity index is 4290. The van der Waals surface area contributed by atoms with Gasteiger partial charge in [0.25, 0.3) is 22.9 Å². The number of benzene rings is 4. The van der Waals surface area contributed by atoms with Crippen LogP contribution in [0.3, 0.4) is 0 Å². The second kappa shape index (κ2) is 28.7. The summed E-state index contributed by atoms with van der Waals surface area (Å²) in [6.07, 6.45) is 10.5. The minimum atomic E-state index is -1.05. The Morgan fingerprint density at radius 2 is 0.958 bits per heavy atom. The standard InChI is InChI=1S/C36H42FN5O6.C35H42FN7O4/c1-22-18-23(19-29-31(22)39-35(45)47-29)20-30(34(44)41-16-10-26(11-17-41)40-12-3-2-4-13-40)48-36(46)42-14-8-24(9-15-42)27-21-25-6-5-7-28(37)32(25)38-33(27)43;1-22-18-23(19-29-31(22)39-40-38-29)20-30(34(45)42-16-10-26(11-17-42)41-12-3-2-4-13-41)47-35(46)43-14-8-24(9-15-43)27-21-25-6-5-7-28(36)32(25)37-33(27)44/h5-7,18-19,21,24,26,30H,2-4,8-17,20H2,1H3,(H,38,43)(H,39,45);5-7,18-19,21,24,26,30H,2-4,8-17,20H2,1H3,(H,37,44)(H,38,39,40). The number of halogens is 2. The van der Waals surface area contributed by atoms with Crippen molar-refractivity contribution in [3.63, 3.8) is 0 Å². The lowest BCUT2D eigenvalue weighted by atomic mass is 9.89. The number of likely N-dealkylation sites (tertiary alicyclic amines) is 6. The molecular formula is C71H84F2N12O10. The molecule has 4 N–H and O–H groups in total. The number of pyridine rings is 2. The molecule has 0 spiro atoms. The molecule has 2 unspecified atom stereocenters. The molecule has 4 aromatic carbocycles. The molecule has 6 aliphatic rings. The maximum atomic E-state index is 14.2. The normalized spacial score (nSPS) is 19.3. The van der Waals surface area contributed by atoms with Gasteiger partial charge in [0.05, 0.1) is 16.6 Å². The molecule has 95 heavy (non-hydrogen) atoms.